The molecule has 1 aromatic rings. The van der Waals surface area contributed by atoms with E-state index >= 15 is 0 Å². The Morgan fingerprint density at radius 3 is 2.80 bits per heavy atom. The molecular formula is C16H20N2O2. The van der Waals surface area contributed by atoms with Crippen LogP contribution in [0.3, 0.4) is 0 Å². The molecule has 0 saturated heterocycles. The molecule has 0 aliphatic carbocycles. The van der Waals surface area contributed by atoms with Crippen molar-refractivity contribution >= 4 is 11.6 Å². The fraction of sp³-hybridized carbons (Fsp3) is 0.375. The molecule has 0 bridgehead atoms. The number of hydrogen-bond acceptors (Lipinski definition) is 3. The average molecular weight is 272 g/mol. The fourth-order valence-corrected chi connectivity index (χ4v) is 2.03. The van der Waals surface area contributed by atoms with Crippen LogP contribution in [0.15, 0.2) is 47.6 Å². The minimum atomic E-state index is -0.0876. The van der Waals surface area contributed by atoms with Gasteiger partial charge in [0.05, 0.1) is 24.8 Å². The van der Waals surface area contributed by atoms with Gasteiger partial charge in [-0.05, 0) is 18.1 Å². The van der Waals surface area contributed by atoms with Crippen molar-refractivity contribution in [2.45, 2.75) is 26.4 Å². The molecule has 1 N–H and O–H groups in total. The van der Waals surface area contributed by atoms with E-state index in [1.165, 1.54) is 0 Å². The summed E-state index contributed by atoms with van der Waals surface area (Å²) in [6.45, 7) is 3.00. The van der Waals surface area contributed by atoms with Crippen molar-refractivity contribution in [2.75, 3.05) is 6.61 Å². The Morgan fingerprint density at radius 1 is 1.25 bits per heavy atom. The first-order chi connectivity index (χ1) is 9.79. The Morgan fingerprint density at radius 2 is 2.05 bits per heavy atom. The summed E-state index contributed by atoms with van der Waals surface area (Å²) in [6, 6.07) is 9.98. The number of benzene rings is 1. The lowest BCUT2D eigenvalue weighted by Gasteiger charge is -2.06. The zero-order valence-corrected chi connectivity index (χ0v) is 11.7. The van der Waals surface area contributed by atoms with Gasteiger partial charge in [0.25, 0.3) is 0 Å². The van der Waals surface area contributed by atoms with E-state index in [0.717, 1.165) is 24.1 Å². The molecule has 106 valence electrons. The fourth-order valence-electron chi connectivity index (χ4n) is 2.03. The minimum Gasteiger partial charge on any atom is -0.370 e. The van der Waals surface area contributed by atoms with Crippen molar-refractivity contribution in [2.24, 2.45) is 11.0 Å². The second-order valence-corrected chi connectivity index (χ2v) is 4.81. The first-order valence-corrected chi connectivity index (χ1v) is 6.96. The number of amides is 1. The summed E-state index contributed by atoms with van der Waals surface area (Å²) in [5.41, 5.74) is 4.45. The van der Waals surface area contributed by atoms with E-state index in [1.807, 2.05) is 42.5 Å². The highest BCUT2D eigenvalue weighted by atomic mass is 16.5. The third-order valence-electron chi connectivity index (χ3n) is 3.13. The van der Waals surface area contributed by atoms with Crippen molar-refractivity contribution in [1.82, 2.24) is 5.43 Å². The zero-order valence-electron chi connectivity index (χ0n) is 11.7. The van der Waals surface area contributed by atoms with E-state index in [4.69, 9.17) is 4.74 Å². The predicted molar refractivity (Wildman–Crippen MR) is 79.2 cm³/mol. The van der Waals surface area contributed by atoms with Gasteiger partial charge in [-0.3, -0.25) is 4.79 Å². The van der Waals surface area contributed by atoms with Gasteiger partial charge in [-0.15, -0.1) is 0 Å². The number of rotatable bonds is 6. The Bertz CT molecular complexity index is 494. The van der Waals surface area contributed by atoms with E-state index in [1.54, 1.807) is 0 Å². The first-order valence-electron chi connectivity index (χ1n) is 6.96. The molecule has 1 aliphatic rings. The van der Waals surface area contributed by atoms with Crippen molar-refractivity contribution in [1.29, 1.82) is 0 Å². The molecule has 4 nitrogen and oxygen atoms in total. The molecule has 0 radical (unpaired) electrons. The summed E-state index contributed by atoms with van der Waals surface area (Å²) in [7, 11) is 0. The average Bonchev–Trinajstić information content (AvgIpc) is 2.64. The number of nitrogens with one attached hydrogen (secondary N) is 1. The van der Waals surface area contributed by atoms with E-state index in [-0.39, 0.29) is 11.8 Å². The van der Waals surface area contributed by atoms with Gasteiger partial charge in [0.1, 0.15) is 0 Å². The highest BCUT2D eigenvalue weighted by Gasteiger charge is 2.16. The third kappa shape index (κ3) is 4.31. The Kier molecular flexibility index (Phi) is 5.50. The van der Waals surface area contributed by atoms with E-state index in [2.05, 4.69) is 17.5 Å². The SMILES string of the molecule is CCCC1C=CC(COCc2ccccc2)=NNC1=O. The molecule has 1 heterocycles. The van der Waals surface area contributed by atoms with Gasteiger partial charge in [0, 0.05) is 0 Å². The maximum absolute atomic E-state index is 11.7. The van der Waals surface area contributed by atoms with Crippen LogP contribution in [0.5, 0.6) is 0 Å². The molecular weight excluding hydrogens is 252 g/mol. The summed E-state index contributed by atoms with van der Waals surface area (Å²) < 4.78 is 5.61. The number of ether oxygens (including phenoxy) is 1. The van der Waals surface area contributed by atoms with Crippen LogP contribution in [0.2, 0.25) is 0 Å². The van der Waals surface area contributed by atoms with Crippen LogP contribution >= 0.6 is 0 Å². The van der Waals surface area contributed by atoms with Crippen LogP contribution in [0.1, 0.15) is 25.3 Å². The highest BCUT2D eigenvalue weighted by molar-refractivity contribution is 5.98. The van der Waals surface area contributed by atoms with E-state index in [0.29, 0.717) is 13.2 Å². The molecule has 0 fully saturated rings. The monoisotopic (exact) mass is 272 g/mol. The molecule has 20 heavy (non-hydrogen) atoms. The normalized spacial score (nSPS) is 18.4. The Hall–Kier alpha value is -1.94. The van der Waals surface area contributed by atoms with E-state index < -0.39 is 0 Å². The summed E-state index contributed by atoms with van der Waals surface area (Å²) >= 11 is 0. The number of carbonyl (C=O) groups excluding carboxylic acids is 1. The maximum atomic E-state index is 11.7. The first kappa shape index (κ1) is 14.5. The lowest BCUT2D eigenvalue weighted by atomic mass is 10.0. The van der Waals surface area contributed by atoms with Crippen LogP contribution < -0.4 is 5.43 Å². The lowest BCUT2D eigenvalue weighted by Crippen LogP contribution is -2.25. The molecule has 0 saturated carbocycles. The molecule has 2 rings (SSSR count). The summed E-state index contributed by atoms with van der Waals surface area (Å²) in [6.07, 6.45) is 5.61. The molecule has 1 amide bonds. The quantitative estimate of drug-likeness (QED) is 0.865. The second-order valence-electron chi connectivity index (χ2n) is 4.81. The van der Waals surface area contributed by atoms with Gasteiger partial charge in [-0.2, -0.15) is 5.10 Å². The minimum absolute atomic E-state index is 0.0406. The molecule has 1 aliphatic heterocycles. The molecule has 0 spiro atoms. The third-order valence-corrected chi connectivity index (χ3v) is 3.13. The molecule has 1 atom stereocenters. The van der Waals surface area contributed by atoms with Crippen molar-refractivity contribution in [3.8, 4) is 0 Å². The standard InChI is InChI=1S/C16H20N2O2/c1-2-6-14-9-10-15(17-18-16(14)19)12-20-11-13-7-4-3-5-8-13/h3-5,7-10,14H,2,6,11-12H2,1H3,(H,18,19). The molecule has 4 heteroatoms. The smallest absolute Gasteiger partial charge is 0.246 e. The summed E-state index contributed by atoms with van der Waals surface area (Å²) in [4.78, 5) is 11.7. The second kappa shape index (κ2) is 7.60. The largest absolute Gasteiger partial charge is 0.370 e. The molecule has 1 unspecified atom stereocenters. The lowest BCUT2D eigenvalue weighted by molar-refractivity contribution is -0.123. The van der Waals surface area contributed by atoms with Gasteiger partial charge >= 0.3 is 0 Å². The van der Waals surface area contributed by atoms with Crippen LogP contribution in [-0.4, -0.2) is 18.2 Å². The van der Waals surface area contributed by atoms with Crippen molar-refractivity contribution in [3.63, 3.8) is 0 Å². The van der Waals surface area contributed by atoms with Gasteiger partial charge in [0.2, 0.25) is 5.91 Å². The van der Waals surface area contributed by atoms with Gasteiger partial charge < -0.3 is 4.74 Å². The van der Waals surface area contributed by atoms with Crippen molar-refractivity contribution in [3.05, 3.63) is 48.0 Å². The predicted octanol–water partition coefficient (Wildman–Crippen LogP) is 2.66. The van der Waals surface area contributed by atoms with Crippen LogP contribution in [-0.2, 0) is 16.1 Å². The molecule has 0 aromatic heterocycles. The highest BCUT2D eigenvalue weighted by Crippen LogP contribution is 2.11. The Labute approximate surface area is 119 Å². The van der Waals surface area contributed by atoms with Gasteiger partial charge in [-0.25, -0.2) is 5.43 Å². The number of hydrogen-bond donors (Lipinski definition) is 1. The number of carbonyl (C=O) groups is 1. The summed E-state index contributed by atoms with van der Waals surface area (Å²) in [5, 5.41) is 4.07. The van der Waals surface area contributed by atoms with Crippen LogP contribution in [0.4, 0.5) is 0 Å². The van der Waals surface area contributed by atoms with Gasteiger partial charge in [-0.1, -0.05) is 49.8 Å². The number of hydrazone groups is 1. The van der Waals surface area contributed by atoms with Crippen molar-refractivity contribution < 1.29 is 9.53 Å². The summed E-state index contributed by atoms with van der Waals surface area (Å²) in [5.74, 6) is -0.128. The number of nitrogens with zero attached hydrogens (tertiary/aromatic N) is 1. The van der Waals surface area contributed by atoms with Crippen LogP contribution in [0, 0.1) is 5.92 Å². The zero-order chi connectivity index (χ0) is 14.2. The molecule has 1 aromatic carbocycles. The van der Waals surface area contributed by atoms with Crippen LogP contribution in [0.25, 0.3) is 0 Å². The maximum Gasteiger partial charge on any atom is 0.246 e. The Balaban J connectivity index is 1.84. The van der Waals surface area contributed by atoms with Gasteiger partial charge in [0.15, 0.2) is 0 Å². The topological polar surface area (TPSA) is 50.7 Å². The van der Waals surface area contributed by atoms with E-state index in [9.17, 15) is 4.79 Å².